The summed E-state index contributed by atoms with van der Waals surface area (Å²) >= 11 is 0. The van der Waals surface area contributed by atoms with Crippen LogP contribution in [0.5, 0.6) is 5.75 Å². The molecular formula is C16H27N3O2. The van der Waals surface area contributed by atoms with Gasteiger partial charge in [-0.2, -0.15) is 0 Å². The van der Waals surface area contributed by atoms with E-state index >= 15 is 0 Å². The van der Waals surface area contributed by atoms with Crippen LogP contribution in [-0.4, -0.2) is 43.6 Å². The molecule has 4 N–H and O–H groups in total. The van der Waals surface area contributed by atoms with Gasteiger partial charge in [0.25, 0.3) is 0 Å². The molecule has 0 saturated carbocycles. The summed E-state index contributed by atoms with van der Waals surface area (Å²) in [5.74, 6) is 1.01. The molecule has 21 heavy (non-hydrogen) atoms. The van der Waals surface area contributed by atoms with Crippen LogP contribution in [0, 0.1) is 5.92 Å². The van der Waals surface area contributed by atoms with Gasteiger partial charge in [-0.3, -0.25) is 9.69 Å². The summed E-state index contributed by atoms with van der Waals surface area (Å²) < 4.78 is 5.71. The smallest absolute Gasteiger partial charge is 0.231 e. The van der Waals surface area contributed by atoms with Gasteiger partial charge in [0.1, 0.15) is 12.4 Å². The fourth-order valence-electron chi connectivity index (χ4n) is 2.18. The Morgan fingerprint density at radius 1 is 1.29 bits per heavy atom. The molecule has 0 aromatic heterocycles. The third kappa shape index (κ3) is 7.68. The van der Waals surface area contributed by atoms with Gasteiger partial charge in [0.2, 0.25) is 5.91 Å². The number of benzene rings is 1. The van der Waals surface area contributed by atoms with Crippen molar-refractivity contribution >= 4 is 5.91 Å². The number of nitrogens with two attached hydrogens (primary N) is 2. The Labute approximate surface area is 127 Å². The van der Waals surface area contributed by atoms with Gasteiger partial charge in [0.15, 0.2) is 0 Å². The molecule has 0 spiro atoms. The Morgan fingerprint density at radius 3 is 2.48 bits per heavy atom. The summed E-state index contributed by atoms with van der Waals surface area (Å²) in [6.45, 7) is 7.22. The molecule has 1 amide bonds. The Bertz CT molecular complexity index is 418. The maximum Gasteiger partial charge on any atom is 0.231 e. The topological polar surface area (TPSA) is 81.6 Å². The van der Waals surface area contributed by atoms with E-state index in [4.69, 9.17) is 16.2 Å². The molecule has 0 saturated heterocycles. The van der Waals surface area contributed by atoms with Crippen LogP contribution in [0.1, 0.15) is 19.4 Å². The van der Waals surface area contributed by atoms with E-state index in [1.54, 1.807) is 0 Å². The van der Waals surface area contributed by atoms with Gasteiger partial charge in [-0.25, -0.2) is 0 Å². The molecule has 0 radical (unpaired) electrons. The lowest BCUT2D eigenvalue weighted by Crippen LogP contribution is -2.38. The van der Waals surface area contributed by atoms with E-state index in [9.17, 15) is 4.79 Å². The van der Waals surface area contributed by atoms with Gasteiger partial charge in [-0.15, -0.1) is 0 Å². The first kappa shape index (κ1) is 17.5. The van der Waals surface area contributed by atoms with Gasteiger partial charge in [0.05, 0.1) is 6.54 Å². The van der Waals surface area contributed by atoms with Crippen molar-refractivity contribution in [3.8, 4) is 5.75 Å². The molecule has 0 atom stereocenters. The summed E-state index contributed by atoms with van der Waals surface area (Å²) in [7, 11) is 0. The molecule has 0 aliphatic rings. The molecule has 0 heterocycles. The van der Waals surface area contributed by atoms with Gasteiger partial charge >= 0.3 is 0 Å². The summed E-state index contributed by atoms with van der Waals surface area (Å²) in [4.78, 5) is 13.1. The van der Waals surface area contributed by atoms with Crippen LogP contribution in [0.15, 0.2) is 24.3 Å². The van der Waals surface area contributed by atoms with E-state index in [1.807, 2.05) is 29.2 Å². The van der Waals surface area contributed by atoms with Crippen LogP contribution in [0.25, 0.3) is 0 Å². The number of primary amides is 1. The largest absolute Gasteiger partial charge is 0.492 e. The highest BCUT2D eigenvalue weighted by molar-refractivity contribution is 5.75. The van der Waals surface area contributed by atoms with E-state index in [0.29, 0.717) is 25.6 Å². The minimum absolute atomic E-state index is 0.275. The standard InChI is InChI=1S/C16H27N3O2/c1-13(2)11-19(12-16(18)20)9-10-21-15-5-3-14(4-6-15)7-8-17/h3-6,13H,7-12,17H2,1-2H3,(H2,18,20). The third-order valence-corrected chi connectivity index (χ3v) is 3.04. The molecule has 1 aromatic rings. The van der Waals surface area contributed by atoms with Gasteiger partial charge < -0.3 is 16.2 Å². The third-order valence-electron chi connectivity index (χ3n) is 3.04. The van der Waals surface area contributed by atoms with Gasteiger partial charge in [0, 0.05) is 13.1 Å². The molecule has 0 aliphatic carbocycles. The number of carbonyl (C=O) groups excluding carboxylic acids is 1. The molecular weight excluding hydrogens is 266 g/mol. The lowest BCUT2D eigenvalue weighted by Gasteiger charge is -2.22. The molecule has 5 heteroatoms. The summed E-state index contributed by atoms with van der Waals surface area (Å²) in [5.41, 5.74) is 12.0. The quantitative estimate of drug-likeness (QED) is 0.674. The van der Waals surface area contributed by atoms with Crippen LogP contribution in [0.3, 0.4) is 0 Å². The minimum atomic E-state index is -0.304. The number of carbonyl (C=O) groups is 1. The van der Waals surface area contributed by atoms with Crippen molar-refractivity contribution < 1.29 is 9.53 Å². The van der Waals surface area contributed by atoms with Crippen molar-refractivity contribution in [1.29, 1.82) is 0 Å². The van der Waals surface area contributed by atoms with E-state index in [0.717, 1.165) is 18.7 Å². The zero-order chi connectivity index (χ0) is 15.7. The monoisotopic (exact) mass is 293 g/mol. The first-order valence-electron chi connectivity index (χ1n) is 7.43. The van der Waals surface area contributed by atoms with Crippen LogP contribution >= 0.6 is 0 Å². The normalized spacial score (nSPS) is 11.1. The maximum absolute atomic E-state index is 11.1. The fourth-order valence-corrected chi connectivity index (χ4v) is 2.18. The first-order chi connectivity index (χ1) is 10.0. The van der Waals surface area contributed by atoms with E-state index in [-0.39, 0.29) is 12.5 Å². The van der Waals surface area contributed by atoms with Crippen LogP contribution in [0.4, 0.5) is 0 Å². The van der Waals surface area contributed by atoms with Crippen molar-refractivity contribution in [2.75, 3.05) is 32.8 Å². The lowest BCUT2D eigenvalue weighted by molar-refractivity contribution is -0.119. The highest BCUT2D eigenvalue weighted by atomic mass is 16.5. The molecule has 1 rings (SSSR count). The predicted molar refractivity (Wildman–Crippen MR) is 85.2 cm³/mol. The zero-order valence-electron chi connectivity index (χ0n) is 13.0. The van der Waals surface area contributed by atoms with Gasteiger partial charge in [-0.1, -0.05) is 26.0 Å². The molecule has 0 unspecified atom stereocenters. The highest BCUT2D eigenvalue weighted by Crippen LogP contribution is 2.12. The molecule has 0 bridgehead atoms. The average molecular weight is 293 g/mol. The highest BCUT2D eigenvalue weighted by Gasteiger charge is 2.10. The molecule has 5 nitrogen and oxygen atoms in total. The second kappa shape index (κ2) is 9.37. The SMILES string of the molecule is CC(C)CN(CCOc1ccc(CCN)cc1)CC(N)=O. The summed E-state index contributed by atoms with van der Waals surface area (Å²) in [6, 6.07) is 7.95. The van der Waals surface area contributed by atoms with Crippen LogP contribution < -0.4 is 16.2 Å². The number of amides is 1. The number of ether oxygens (including phenoxy) is 1. The summed E-state index contributed by atoms with van der Waals surface area (Å²) in [6.07, 6.45) is 0.876. The zero-order valence-corrected chi connectivity index (χ0v) is 13.0. The van der Waals surface area contributed by atoms with Crippen molar-refractivity contribution in [3.05, 3.63) is 29.8 Å². The molecule has 0 fully saturated rings. The van der Waals surface area contributed by atoms with E-state index in [1.165, 1.54) is 5.56 Å². The number of hydrogen-bond acceptors (Lipinski definition) is 4. The van der Waals surface area contributed by atoms with Crippen molar-refractivity contribution in [2.45, 2.75) is 20.3 Å². The van der Waals surface area contributed by atoms with E-state index < -0.39 is 0 Å². The number of hydrogen-bond donors (Lipinski definition) is 2. The van der Waals surface area contributed by atoms with Crippen molar-refractivity contribution in [1.82, 2.24) is 4.90 Å². The Kier molecular flexibility index (Phi) is 7.79. The molecule has 0 aliphatic heterocycles. The Hall–Kier alpha value is -1.59. The second-order valence-electron chi connectivity index (χ2n) is 5.63. The molecule has 118 valence electrons. The van der Waals surface area contributed by atoms with Crippen LogP contribution in [0.2, 0.25) is 0 Å². The minimum Gasteiger partial charge on any atom is -0.492 e. The first-order valence-corrected chi connectivity index (χ1v) is 7.43. The maximum atomic E-state index is 11.1. The van der Waals surface area contributed by atoms with Gasteiger partial charge in [-0.05, 0) is 36.6 Å². The van der Waals surface area contributed by atoms with E-state index in [2.05, 4.69) is 13.8 Å². The predicted octanol–water partition coefficient (Wildman–Crippen LogP) is 1.01. The number of rotatable bonds is 10. The average Bonchev–Trinajstić information content (AvgIpc) is 2.39. The summed E-state index contributed by atoms with van der Waals surface area (Å²) in [5, 5.41) is 0. The fraction of sp³-hybridized carbons (Fsp3) is 0.562. The Balaban J connectivity index is 2.39. The van der Waals surface area contributed by atoms with Crippen molar-refractivity contribution in [3.63, 3.8) is 0 Å². The second-order valence-corrected chi connectivity index (χ2v) is 5.63. The lowest BCUT2D eigenvalue weighted by atomic mass is 10.1. The number of nitrogens with zero attached hydrogens (tertiary/aromatic N) is 1. The van der Waals surface area contributed by atoms with Crippen LogP contribution in [-0.2, 0) is 11.2 Å². The Morgan fingerprint density at radius 2 is 1.95 bits per heavy atom. The molecule has 1 aromatic carbocycles. The van der Waals surface area contributed by atoms with Crippen molar-refractivity contribution in [2.24, 2.45) is 17.4 Å².